The van der Waals surface area contributed by atoms with Crippen LogP contribution in [0.2, 0.25) is 0 Å². The van der Waals surface area contributed by atoms with Crippen LogP contribution in [0.5, 0.6) is 11.6 Å². The largest absolute Gasteiger partial charge is 0.439 e. The molecule has 0 unspecified atom stereocenters. The van der Waals surface area contributed by atoms with Crippen LogP contribution in [0.1, 0.15) is 13.3 Å². The molecule has 0 fully saturated rings. The lowest BCUT2D eigenvalue weighted by atomic mass is 10.3. The van der Waals surface area contributed by atoms with Crippen LogP contribution in [-0.4, -0.2) is 21.4 Å². The molecule has 21 heavy (non-hydrogen) atoms. The number of nitrogen functional groups attached to an aromatic ring is 1. The molecule has 0 aliphatic heterocycles. The van der Waals surface area contributed by atoms with Crippen LogP contribution in [0.4, 0.5) is 17.5 Å². The topological polar surface area (TPSA) is 116 Å². The first kappa shape index (κ1) is 14.5. The Labute approximate surface area is 121 Å². The molecule has 0 aliphatic carbocycles. The summed E-state index contributed by atoms with van der Waals surface area (Å²) in [5.41, 5.74) is 5.56. The van der Waals surface area contributed by atoms with E-state index in [-0.39, 0.29) is 17.5 Å². The van der Waals surface area contributed by atoms with Crippen molar-refractivity contribution in [2.45, 2.75) is 13.3 Å². The summed E-state index contributed by atoms with van der Waals surface area (Å²) in [7, 11) is 0. The lowest BCUT2D eigenvalue weighted by Gasteiger charge is -2.08. The number of nitrogens with zero attached hydrogens (tertiary/aromatic N) is 3. The summed E-state index contributed by atoms with van der Waals surface area (Å²) < 4.78 is 5.50. The zero-order valence-corrected chi connectivity index (χ0v) is 11.4. The van der Waals surface area contributed by atoms with E-state index in [1.807, 2.05) is 6.92 Å². The van der Waals surface area contributed by atoms with Crippen LogP contribution in [-0.2, 0) is 0 Å². The molecule has 0 radical (unpaired) electrons. The average Bonchev–Trinajstić information content (AvgIpc) is 2.45. The molecule has 2 aromatic rings. The van der Waals surface area contributed by atoms with Gasteiger partial charge in [0.2, 0.25) is 11.8 Å². The molecular weight excluding hydrogens is 274 g/mol. The van der Waals surface area contributed by atoms with Gasteiger partial charge >= 0.3 is 0 Å². The van der Waals surface area contributed by atoms with Crippen molar-refractivity contribution in [3.63, 3.8) is 0 Å². The Kier molecular flexibility index (Phi) is 4.50. The van der Waals surface area contributed by atoms with Crippen molar-refractivity contribution in [3.8, 4) is 11.6 Å². The number of ether oxygens (including phenoxy) is 1. The number of aromatic nitrogens is 2. The smallest absolute Gasteiger partial charge is 0.273 e. The van der Waals surface area contributed by atoms with Gasteiger partial charge in [-0.3, -0.25) is 10.1 Å². The molecule has 0 atom stereocenters. The highest BCUT2D eigenvalue weighted by Gasteiger charge is 2.09. The summed E-state index contributed by atoms with van der Waals surface area (Å²) in [4.78, 5) is 18.2. The van der Waals surface area contributed by atoms with Crippen LogP contribution in [0.15, 0.2) is 30.3 Å². The van der Waals surface area contributed by atoms with Gasteiger partial charge in [-0.1, -0.05) is 13.0 Å². The zero-order valence-electron chi connectivity index (χ0n) is 11.4. The van der Waals surface area contributed by atoms with Gasteiger partial charge in [0.15, 0.2) is 0 Å². The Bertz CT molecular complexity index is 647. The fourth-order valence-electron chi connectivity index (χ4n) is 1.62. The molecule has 3 N–H and O–H groups in total. The molecule has 0 aliphatic rings. The van der Waals surface area contributed by atoms with Crippen LogP contribution in [0.3, 0.4) is 0 Å². The highest BCUT2D eigenvalue weighted by Crippen LogP contribution is 2.25. The first-order valence-electron chi connectivity index (χ1n) is 6.39. The summed E-state index contributed by atoms with van der Waals surface area (Å²) in [5.74, 6) is 1.15. The molecule has 0 saturated carbocycles. The van der Waals surface area contributed by atoms with E-state index in [2.05, 4.69) is 15.3 Å². The van der Waals surface area contributed by atoms with Gasteiger partial charge in [0, 0.05) is 18.7 Å². The number of hydrogen-bond acceptors (Lipinski definition) is 7. The van der Waals surface area contributed by atoms with E-state index in [1.54, 1.807) is 12.1 Å². The number of anilines is 2. The van der Waals surface area contributed by atoms with E-state index in [0.29, 0.717) is 11.6 Å². The minimum Gasteiger partial charge on any atom is -0.439 e. The van der Waals surface area contributed by atoms with E-state index in [4.69, 9.17) is 10.5 Å². The van der Waals surface area contributed by atoms with E-state index in [1.165, 1.54) is 18.2 Å². The summed E-state index contributed by atoms with van der Waals surface area (Å²) in [6.07, 6.45) is 0.935. The normalized spacial score (nSPS) is 10.1. The van der Waals surface area contributed by atoms with Crippen LogP contribution < -0.4 is 15.8 Å². The second kappa shape index (κ2) is 6.51. The van der Waals surface area contributed by atoms with E-state index in [9.17, 15) is 10.1 Å². The number of non-ortho nitro benzene ring substituents is 1. The highest BCUT2D eigenvalue weighted by atomic mass is 16.6. The third-order valence-corrected chi connectivity index (χ3v) is 2.53. The predicted molar refractivity (Wildman–Crippen MR) is 78.4 cm³/mol. The van der Waals surface area contributed by atoms with Crippen molar-refractivity contribution in [2.24, 2.45) is 0 Å². The quantitative estimate of drug-likeness (QED) is 0.620. The maximum atomic E-state index is 10.7. The minimum absolute atomic E-state index is 0.0566. The standard InChI is InChI=1S/C13H15N5O3/c1-2-6-15-11-8-12(17-13(14)16-11)21-10-5-3-4-9(7-10)18(19)20/h3-5,7-8H,2,6H2,1H3,(H3,14,15,16,17). The van der Waals surface area contributed by atoms with Crippen LogP contribution in [0, 0.1) is 10.1 Å². The number of hydrogen-bond donors (Lipinski definition) is 2. The Hall–Kier alpha value is -2.90. The number of nitrogens with two attached hydrogens (primary N) is 1. The van der Waals surface area contributed by atoms with E-state index >= 15 is 0 Å². The Morgan fingerprint density at radius 1 is 1.38 bits per heavy atom. The van der Waals surface area contributed by atoms with Gasteiger partial charge in [-0.05, 0) is 12.5 Å². The van der Waals surface area contributed by atoms with Gasteiger partial charge in [-0.2, -0.15) is 9.97 Å². The molecule has 0 spiro atoms. The van der Waals surface area contributed by atoms with Crippen molar-refractivity contribution in [1.29, 1.82) is 0 Å². The number of nitro benzene ring substituents is 1. The Morgan fingerprint density at radius 2 is 2.19 bits per heavy atom. The molecule has 8 heteroatoms. The summed E-state index contributed by atoms with van der Waals surface area (Å²) in [6.45, 7) is 2.77. The van der Waals surface area contributed by atoms with Crippen molar-refractivity contribution in [1.82, 2.24) is 9.97 Å². The van der Waals surface area contributed by atoms with Crippen molar-refractivity contribution in [3.05, 3.63) is 40.4 Å². The van der Waals surface area contributed by atoms with E-state index in [0.717, 1.165) is 13.0 Å². The first-order chi connectivity index (χ1) is 10.1. The molecule has 8 nitrogen and oxygen atoms in total. The van der Waals surface area contributed by atoms with Gasteiger partial charge in [0.05, 0.1) is 11.0 Å². The SMILES string of the molecule is CCCNc1cc(Oc2cccc([N+](=O)[O-])c2)nc(N)n1. The fourth-order valence-corrected chi connectivity index (χ4v) is 1.62. The molecule has 0 bridgehead atoms. The molecule has 1 heterocycles. The van der Waals surface area contributed by atoms with Gasteiger partial charge in [-0.15, -0.1) is 0 Å². The third kappa shape index (κ3) is 4.03. The molecule has 0 amide bonds. The maximum absolute atomic E-state index is 10.7. The second-order valence-electron chi connectivity index (χ2n) is 4.23. The lowest BCUT2D eigenvalue weighted by Crippen LogP contribution is -2.05. The molecule has 1 aromatic carbocycles. The summed E-state index contributed by atoms with van der Waals surface area (Å²) in [6, 6.07) is 7.43. The molecule has 110 valence electrons. The van der Waals surface area contributed by atoms with Crippen molar-refractivity contribution < 1.29 is 9.66 Å². The Balaban J connectivity index is 2.20. The minimum atomic E-state index is -0.491. The molecule has 0 saturated heterocycles. The van der Waals surface area contributed by atoms with Gasteiger partial charge < -0.3 is 15.8 Å². The number of rotatable bonds is 6. The van der Waals surface area contributed by atoms with E-state index < -0.39 is 4.92 Å². The third-order valence-electron chi connectivity index (χ3n) is 2.53. The number of benzene rings is 1. The van der Waals surface area contributed by atoms with Crippen LogP contribution >= 0.6 is 0 Å². The molecule has 1 aromatic heterocycles. The second-order valence-corrected chi connectivity index (χ2v) is 4.23. The average molecular weight is 289 g/mol. The fraction of sp³-hybridized carbons (Fsp3) is 0.231. The number of nitrogens with one attached hydrogen (secondary N) is 1. The zero-order chi connectivity index (χ0) is 15.2. The molecular formula is C13H15N5O3. The summed E-state index contributed by atoms with van der Waals surface area (Å²) >= 11 is 0. The maximum Gasteiger partial charge on any atom is 0.273 e. The van der Waals surface area contributed by atoms with Crippen LogP contribution in [0.25, 0.3) is 0 Å². The first-order valence-corrected chi connectivity index (χ1v) is 6.39. The van der Waals surface area contributed by atoms with Gasteiger partial charge in [-0.25, -0.2) is 0 Å². The lowest BCUT2D eigenvalue weighted by molar-refractivity contribution is -0.384. The Morgan fingerprint density at radius 3 is 2.90 bits per heavy atom. The van der Waals surface area contributed by atoms with Crippen molar-refractivity contribution in [2.75, 3.05) is 17.6 Å². The summed E-state index contributed by atoms with van der Waals surface area (Å²) in [5, 5.41) is 13.8. The van der Waals surface area contributed by atoms with Gasteiger partial charge in [0.25, 0.3) is 5.69 Å². The van der Waals surface area contributed by atoms with Crippen molar-refractivity contribution >= 4 is 17.5 Å². The highest BCUT2D eigenvalue weighted by molar-refractivity contribution is 5.45. The number of nitro groups is 1. The predicted octanol–water partition coefficient (Wildman–Crippen LogP) is 2.58. The van der Waals surface area contributed by atoms with Gasteiger partial charge in [0.1, 0.15) is 11.6 Å². The monoisotopic (exact) mass is 289 g/mol. The molecule has 2 rings (SSSR count).